The topological polar surface area (TPSA) is 70.1 Å². The van der Waals surface area contributed by atoms with Crippen molar-refractivity contribution in [2.24, 2.45) is 5.92 Å². The molecule has 1 N–H and O–H groups in total. The average Bonchev–Trinajstić information content (AvgIpc) is 3.06. The number of nitrogens with zero attached hydrogens (tertiary/aromatic N) is 2. The molecule has 9 heteroatoms. The Balaban J connectivity index is 0.000000370. The number of piperidine rings is 1. The molecule has 2 aliphatic heterocycles. The summed E-state index contributed by atoms with van der Waals surface area (Å²) in [5.74, 6) is -2.10. The molecular formula is C20H27F3N2O4. The Hall–Kier alpha value is -2.13. The van der Waals surface area contributed by atoms with E-state index in [0.717, 1.165) is 32.5 Å². The van der Waals surface area contributed by atoms with Gasteiger partial charge in [0, 0.05) is 27.2 Å². The van der Waals surface area contributed by atoms with E-state index in [4.69, 9.17) is 14.6 Å². The SMILES string of the molecule is Cc1ccc(CN2CC[C@H]3C[C@@H](C(=O)N(C)C)O[C@H]3C2)cc1.O=C(O)C(F)(F)F. The number of fused-ring (bicyclic) bond motifs is 1. The van der Waals surface area contributed by atoms with Gasteiger partial charge in [0.15, 0.2) is 0 Å². The number of carboxylic acids is 1. The lowest BCUT2D eigenvalue weighted by atomic mass is 9.91. The number of amides is 1. The van der Waals surface area contributed by atoms with Crippen LogP contribution >= 0.6 is 0 Å². The molecule has 6 nitrogen and oxygen atoms in total. The Labute approximate surface area is 168 Å². The zero-order valence-corrected chi connectivity index (χ0v) is 16.8. The van der Waals surface area contributed by atoms with Gasteiger partial charge >= 0.3 is 12.1 Å². The fourth-order valence-corrected chi connectivity index (χ4v) is 3.54. The van der Waals surface area contributed by atoms with Crippen LogP contribution < -0.4 is 0 Å². The molecule has 2 heterocycles. The average molecular weight is 416 g/mol. The molecule has 0 saturated carbocycles. The molecule has 0 bridgehead atoms. The minimum atomic E-state index is -5.08. The van der Waals surface area contributed by atoms with E-state index in [1.807, 2.05) is 0 Å². The van der Waals surface area contributed by atoms with Gasteiger partial charge in [0.25, 0.3) is 5.91 Å². The monoisotopic (exact) mass is 416 g/mol. The van der Waals surface area contributed by atoms with Crippen LogP contribution in [-0.2, 0) is 20.9 Å². The van der Waals surface area contributed by atoms with Gasteiger partial charge in [0.2, 0.25) is 0 Å². The van der Waals surface area contributed by atoms with Crippen LogP contribution in [0.25, 0.3) is 0 Å². The van der Waals surface area contributed by atoms with E-state index in [2.05, 4.69) is 36.1 Å². The first-order chi connectivity index (χ1) is 13.5. The van der Waals surface area contributed by atoms with E-state index < -0.39 is 12.1 Å². The molecule has 2 fully saturated rings. The van der Waals surface area contributed by atoms with Crippen molar-refractivity contribution in [3.05, 3.63) is 35.4 Å². The zero-order valence-electron chi connectivity index (χ0n) is 16.8. The Kier molecular flexibility index (Phi) is 7.65. The van der Waals surface area contributed by atoms with Gasteiger partial charge < -0.3 is 14.7 Å². The van der Waals surface area contributed by atoms with Crippen LogP contribution in [0.15, 0.2) is 24.3 Å². The minimum Gasteiger partial charge on any atom is -0.475 e. The number of carbonyl (C=O) groups is 2. The highest BCUT2D eigenvalue weighted by Gasteiger charge is 2.42. The van der Waals surface area contributed by atoms with Gasteiger partial charge in [-0.1, -0.05) is 29.8 Å². The molecule has 0 radical (unpaired) electrons. The summed E-state index contributed by atoms with van der Waals surface area (Å²) in [5, 5.41) is 7.12. The highest BCUT2D eigenvalue weighted by atomic mass is 19.4. The van der Waals surface area contributed by atoms with Crippen molar-refractivity contribution < 1.29 is 32.6 Å². The largest absolute Gasteiger partial charge is 0.490 e. The van der Waals surface area contributed by atoms with Crippen LogP contribution in [0.3, 0.4) is 0 Å². The second kappa shape index (κ2) is 9.58. The van der Waals surface area contributed by atoms with Crippen molar-refractivity contribution >= 4 is 11.9 Å². The third-order valence-electron chi connectivity index (χ3n) is 5.12. The summed E-state index contributed by atoms with van der Waals surface area (Å²) in [6.07, 6.45) is -3.08. The predicted octanol–water partition coefficient (Wildman–Crippen LogP) is 2.70. The molecular weight excluding hydrogens is 389 g/mol. The van der Waals surface area contributed by atoms with E-state index >= 15 is 0 Å². The first kappa shape index (κ1) is 23.2. The van der Waals surface area contributed by atoms with Gasteiger partial charge in [-0.3, -0.25) is 9.69 Å². The molecule has 1 amide bonds. The van der Waals surface area contributed by atoms with E-state index in [1.165, 1.54) is 11.1 Å². The lowest BCUT2D eigenvalue weighted by Crippen LogP contribution is -2.42. The van der Waals surface area contributed by atoms with E-state index in [-0.39, 0.29) is 18.1 Å². The van der Waals surface area contributed by atoms with Crippen molar-refractivity contribution in [2.45, 2.75) is 44.7 Å². The number of alkyl halides is 3. The van der Waals surface area contributed by atoms with Crippen LogP contribution in [-0.4, -0.2) is 72.4 Å². The van der Waals surface area contributed by atoms with Crippen molar-refractivity contribution in [2.75, 3.05) is 27.2 Å². The first-order valence-corrected chi connectivity index (χ1v) is 9.42. The normalized spacial score (nSPS) is 24.3. The number of benzene rings is 1. The van der Waals surface area contributed by atoms with Crippen molar-refractivity contribution in [3.63, 3.8) is 0 Å². The molecule has 2 aliphatic rings. The Morgan fingerprint density at radius 3 is 2.34 bits per heavy atom. The maximum Gasteiger partial charge on any atom is 0.490 e. The van der Waals surface area contributed by atoms with Gasteiger partial charge in [0.05, 0.1) is 6.10 Å². The molecule has 162 valence electrons. The molecule has 2 saturated heterocycles. The smallest absolute Gasteiger partial charge is 0.475 e. The molecule has 0 spiro atoms. The number of carboxylic acid groups (broad SMARTS) is 1. The number of likely N-dealkylation sites (tertiary alicyclic amines) is 1. The number of aryl methyl sites for hydroxylation is 1. The molecule has 0 unspecified atom stereocenters. The first-order valence-electron chi connectivity index (χ1n) is 9.42. The van der Waals surface area contributed by atoms with E-state index in [0.29, 0.717) is 5.92 Å². The molecule has 0 aromatic heterocycles. The van der Waals surface area contributed by atoms with Crippen molar-refractivity contribution in [1.29, 1.82) is 0 Å². The van der Waals surface area contributed by atoms with Gasteiger partial charge in [-0.05, 0) is 37.8 Å². The molecule has 3 rings (SSSR count). The van der Waals surface area contributed by atoms with Crippen LogP contribution in [0.1, 0.15) is 24.0 Å². The van der Waals surface area contributed by atoms with Gasteiger partial charge in [-0.2, -0.15) is 13.2 Å². The number of likely N-dealkylation sites (N-methyl/N-ethyl adjacent to an activating group) is 1. The molecule has 1 aromatic rings. The molecule has 3 atom stereocenters. The zero-order chi connectivity index (χ0) is 21.8. The Morgan fingerprint density at radius 2 is 1.83 bits per heavy atom. The molecule has 0 aliphatic carbocycles. The summed E-state index contributed by atoms with van der Waals surface area (Å²) in [7, 11) is 3.61. The third kappa shape index (κ3) is 6.71. The number of halogens is 3. The summed E-state index contributed by atoms with van der Waals surface area (Å²) in [6.45, 7) is 5.12. The van der Waals surface area contributed by atoms with E-state index in [9.17, 15) is 18.0 Å². The highest BCUT2D eigenvalue weighted by molar-refractivity contribution is 5.80. The van der Waals surface area contributed by atoms with Crippen LogP contribution in [0.5, 0.6) is 0 Å². The standard InChI is InChI=1S/C18H26N2O2.C2HF3O2/c1-13-4-6-14(7-5-13)11-20-9-8-15-10-16(18(21)19(2)3)22-17(15)12-20;3-2(4,5)1(6)7/h4-7,15-17H,8-12H2,1-3H3;(H,6,7)/t15-,16-,17-;/m0./s1. The van der Waals surface area contributed by atoms with Gasteiger partial charge in [-0.25, -0.2) is 4.79 Å². The van der Waals surface area contributed by atoms with Crippen LogP contribution in [0.2, 0.25) is 0 Å². The minimum absolute atomic E-state index is 0.111. The Morgan fingerprint density at radius 1 is 1.24 bits per heavy atom. The maximum atomic E-state index is 12.1. The van der Waals surface area contributed by atoms with Crippen LogP contribution in [0.4, 0.5) is 13.2 Å². The van der Waals surface area contributed by atoms with E-state index in [1.54, 1.807) is 19.0 Å². The fraction of sp³-hybridized carbons (Fsp3) is 0.600. The summed E-state index contributed by atoms with van der Waals surface area (Å²) < 4.78 is 37.8. The summed E-state index contributed by atoms with van der Waals surface area (Å²) in [6, 6.07) is 8.74. The number of aliphatic carboxylic acids is 1. The van der Waals surface area contributed by atoms with Gasteiger partial charge in [0.1, 0.15) is 6.10 Å². The second-order valence-electron chi connectivity index (χ2n) is 7.70. The maximum absolute atomic E-state index is 12.1. The van der Waals surface area contributed by atoms with Crippen molar-refractivity contribution in [1.82, 2.24) is 9.80 Å². The van der Waals surface area contributed by atoms with Gasteiger partial charge in [-0.15, -0.1) is 0 Å². The molecule has 1 aromatic carbocycles. The van der Waals surface area contributed by atoms with Crippen LogP contribution in [0, 0.1) is 12.8 Å². The number of hydrogen-bond acceptors (Lipinski definition) is 4. The number of rotatable bonds is 3. The number of carbonyl (C=O) groups excluding carboxylic acids is 1. The second-order valence-corrected chi connectivity index (χ2v) is 7.70. The summed E-state index contributed by atoms with van der Waals surface area (Å²) in [5.41, 5.74) is 2.65. The Bertz CT molecular complexity index is 707. The number of hydrogen-bond donors (Lipinski definition) is 1. The molecule has 29 heavy (non-hydrogen) atoms. The predicted molar refractivity (Wildman–Crippen MR) is 100 cm³/mol. The number of ether oxygens (including phenoxy) is 1. The third-order valence-corrected chi connectivity index (χ3v) is 5.12. The highest BCUT2D eigenvalue weighted by Crippen LogP contribution is 2.34. The summed E-state index contributed by atoms with van der Waals surface area (Å²) in [4.78, 5) is 25.1. The van der Waals surface area contributed by atoms with Crippen molar-refractivity contribution in [3.8, 4) is 0 Å². The fourth-order valence-electron chi connectivity index (χ4n) is 3.54. The lowest BCUT2D eigenvalue weighted by Gasteiger charge is -2.34. The quantitative estimate of drug-likeness (QED) is 0.821. The summed E-state index contributed by atoms with van der Waals surface area (Å²) >= 11 is 0. The lowest BCUT2D eigenvalue weighted by molar-refractivity contribution is -0.192.